The SMILES string of the molecule is CC[C@H](C)[C@@H]([C@@H](CC(=O)N1CCC[C@@H]1[C@H](OC)[C@@H](C)C(=O)N[C@H](C)[C@@H](O)c1ccccc1)OC)N(C)C(=O)[C@@H](NC(=O)[C@H](C(C)C)N(C)C(=O)[C@H](CCCNC(N)=O)NC(=O)[C@@H](NC(=O)CN1CCN2CCOCCN(CC1)CCN(C(=O)CCN1C(=O)C=CC1=O)CC2)C(C)C)C(C)C. The zero-order valence-corrected chi connectivity index (χ0v) is 61.8. The number of nitrogens with zero attached hydrogens (tertiary/aromatic N) is 8. The number of ether oxygens (including phenoxy) is 3. The second-order valence-corrected chi connectivity index (χ2v) is 28.3. The first kappa shape index (κ1) is 83.5. The van der Waals surface area contributed by atoms with Crippen molar-refractivity contribution in [2.45, 2.75) is 175 Å². The van der Waals surface area contributed by atoms with Crippen LogP contribution in [-0.4, -0.2) is 297 Å². The molecule has 0 aromatic heterocycles. The van der Waals surface area contributed by atoms with Crippen molar-refractivity contribution in [1.82, 2.24) is 65.8 Å². The van der Waals surface area contributed by atoms with Crippen LogP contribution >= 0.6 is 0 Å². The summed E-state index contributed by atoms with van der Waals surface area (Å²) in [7, 11) is 6.09. The lowest BCUT2D eigenvalue weighted by Gasteiger charge is -2.41. The van der Waals surface area contributed by atoms with Crippen molar-refractivity contribution in [2.24, 2.45) is 35.3 Å². The molecular formula is C71H118N14O15. The van der Waals surface area contributed by atoms with E-state index in [4.69, 9.17) is 19.9 Å². The molecular weight excluding hydrogens is 1290 g/mol. The number of fused-ring (bicyclic) bond motifs is 12. The topological polar surface area (TPSA) is 348 Å². The predicted molar refractivity (Wildman–Crippen MR) is 376 cm³/mol. The minimum absolute atomic E-state index is 0.00310. The lowest BCUT2D eigenvalue weighted by Crippen LogP contribution is -2.62. The van der Waals surface area contributed by atoms with E-state index in [1.165, 1.54) is 38.3 Å². The molecule has 1 aromatic carbocycles. The Kier molecular flexibility index (Phi) is 34.3. The fourth-order valence-corrected chi connectivity index (χ4v) is 13.9. The molecule has 29 nitrogen and oxygen atoms in total. The predicted octanol–water partition coefficient (Wildman–Crippen LogP) is 0.936. The molecule has 29 heteroatoms. The molecule has 4 saturated heterocycles. The molecule has 0 saturated carbocycles. The average Bonchev–Trinajstić information content (AvgIpc) is 1.24. The fourth-order valence-electron chi connectivity index (χ4n) is 13.9. The lowest BCUT2D eigenvalue weighted by atomic mass is 9.89. The monoisotopic (exact) mass is 1410 g/mol. The van der Waals surface area contributed by atoms with E-state index in [0.717, 1.165) is 4.90 Å². The standard InChI is InChI=1S/C71H118N14O15/c1-15-48(8)63(54(98-13)43-59(90)84-29-20-24-53(84)65(99-14)49(9)66(92)74-50(10)64(91)51-21-17-16-18-22-51)79(12)70(96)61(46(4)5)77-68(94)62(47(6)7)78(11)69(95)52(23-19-28-73-71(72)97)75-67(93)60(45(2)3)76-55(86)44-82-33-31-80-35-37-83(38-36-81(32-34-82)40-42-100-41-39-80)56(87)27-30-85-57(88)25-26-58(85)89/h16-18,21-22,25-26,45-50,52-54,60-65,91H,15,19-20,23-24,27-44H2,1-14H3,(H,74,92)(H,75,93)(H,76,86)(H,77,94)(H3,72,73,97)/t48-,49+,50+,52-,53+,54+,60-,61-,62-,63-,64+,65+/m0/s1. The van der Waals surface area contributed by atoms with Crippen LogP contribution in [0.25, 0.3) is 0 Å². The zero-order valence-electron chi connectivity index (χ0n) is 61.8. The molecule has 100 heavy (non-hydrogen) atoms. The third kappa shape index (κ3) is 24.3. The maximum atomic E-state index is 15.1. The zero-order chi connectivity index (χ0) is 74.1. The van der Waals surface area contributed by atoms with Gasteiger partial charge in [-0.15, -0.1) is 0 Å². The smallest absolute Gasteiger partial charge is 0.312 e. The largest absolute Gasteiger partial charge is 0.386 e. The molecule has 14 atom stereocenters. The van der Waals surface area contributed by atoms with Crippen molar-refractivity contribution in [3.8, 4) is 0 Å². The molecule has 4 fully saturated rings. The molecule has 5 aliphatic rings. The number of carbonyl (C=O) groups excluding carboxylic acids is 11. The quantitative estimate of drug-likeness (QED) is 0.0373. The summed E-state index contributed by atoms with van der Waals surface area (Å²) in [5, 5.41) is 25.3. The second-order valence-electron chi connectivity index (χ2n) is 28.3. The summed E-state index contributed by atoms with van der Waals surface area (Å²) in [6.07, 6.45) is 1.88. The van der Waals surface area contributed by atoms with E-state index in [2.05, 4.69) is 36.4 Å². The van der Waals surface area contributed by atoms with Crippen LogP contribution in [0.4, 0.5) is 4.79 Å². The highest BCUT2D eigenvalue weighted by atomic mass is 16.5. The Morgan fingerprint density at radius 3 is 1.83 bits per heavy atom. The number of rotatable bonds is 34. The summed E-state index contributed by atoms with van der Waals surface area (Å²) < 4.78 is 18.1. The van der Waals surface area contributed by atoms with E-state index in [9.17, 15) is 53.1 Å². The van der Waals surface area contributed by atoms with Gasteiger partial charge in [0, 0.05) is 132 Å². The number of aliphatic hydroxyl groups is 1. The Morgan fingerprint density at radius 2 is 1.28 bits per heavy atom. The maximum absolute atomic E-state index is 15.1. The van der Waals surface area contributed by atoms with E-state index in [-0.39, 0.29) is 69.0 Å². The molecule has 1 aromatic rings. The van der Waals surface area contributed by atoms with Crippen molar-refractivity contribution in [3.05, 3.63) is 48.0 Å². The van der Waals surface area contributed by atoms with Crippen molar-refractivity contribution in [3.63, 3.8) is 0 Å². The van der Waals surface area contributed by atoms with Crippen molar-refractivity contribution in [1.29, 1.82) is 0 Å². The number of primary amides is 1. The second kappa shape index (κ2) is 41.1. The van der Waals surface area contributed by atoms with Gasteiger partial charge >= 0.3 is 6.03 Å². The van der Waals surface area contributed by atoms with Crippen molar-refractivity contribution >= 4 is 65.1 Å². The van der Waals surface area contributed by atoms with Crippen LogP contribution in [0.15, 0.2) is 42.5 Å². The number of hydrogen-bond acceptors (Lipinski definition) is 18. The summed E-state index contributed by atoms with van der Waals surface area (Å²) in [6, 6.07) is 1.87. The number of amides is 12. The Bertz CT molecular complexity index is 2870. The molecule has 12 amide bonds. The number of benzene rings is 1. The van der Waals surface area contributed by atoms with Crippen LogP contribution < -0.4 is 32.3 Å². The van der Waals surface area contributed by atoms with E-state index >= 15 is 4.79 Å². The summed E-state index contributed by atoms with van der Waals surface area (Å²) >= 11 is 0. The third-order valence-corrected chi connectivity index (χ3v) is 20.1. The minimum Gasteiger partial charge on any atom is -0.386 e. The fraction of sp³-hybridized carbons (Fsp3) is 0.732. The number of nitrogens with two attached hydrogens (primary N) is 1. The average molecular weight is 1410 g/mol. The van der Waals surface area contributed by atoms with Gasteiger partial charge in [0.1, 0.15) is 24.2 Å². The van der Waals surface area contributed by atoms with Crippen LogP contribution in [0.1, 0.15) is 126 Å². The summed E-state index contributed by atoms with van der Waals surface area (Å²) in [4.78, 5) is 166. The van der Waals surface area contributed by atoms with Gasteiger partial charge < -0.3 is 71.2 Å². The Balaban J connectivity index is 1.27. The highest BCUT2D eigenvalue weighted by Gasteiger charge is 2.45. The van der Waals surface area contributed by atoms with Gasteiger partial charge in [-0.2, -0.15) is 0 Å². The molecule has 5 aliphatic heterocycles. The summed E-state index contributed by atoms with van der Waals surface area (Å²) in [5.41, 5.74) is 6.05. The van der Waals surface area contributed by atoms with E-state index < -0.39 is 132 Å². The molecule has 5 heterocycles. The highest BCUT2D eigenvalue weighted by molar-refractivity contribution is 6.13. The van der Waals surface area contributed by atoms with Gasteiger partial charge in [0.05, 0.1) is 68.5 Å². The number of likely N-dealkylation sites (N-methyl/N-ethyl adjacent to an activating group) is 2. The van der Waals surface area contributed by atoms with E-state index in [1.54, 1.807) is 89.3 Å². The first-order chi connectivity index (χ1) is 47.4. The number of likely N-dealkylation sites (tertiary alicyclic amines) is 1. The normalized spacial score (nSPS) is 21.3. The molecule has 0 spiro atoms. The Morgan fingerprint density at radius 1 is 0.680 bits per heavy atom. The molecule has 0 aliphatic carbocycles. The summed E-state index contributed by atoms with van der Waals surface area (Å²) in [6.45, 7) is 24.4. The first-order valence-corrected chi connectivity index (χ1v) is 35.9. The Labute approximate surface area is 592 Å². The highest BCUT2D eigenvalue weighted by Crippen LogP contribution is 2.31. The van der Waals surface area contributed by atoms with Crippen LogP contribution in [0.5, 0.6) is 0 Å². The number of imide groups is 1. The van der Waals surface area contributed by atoms with Gasteiger partial charge in [-0.1, -0.05) is 99.1 Å². The van der Waals surface area contributed by atoms with Gasteiger partial charge in [0.25, 0.3) is 11.8 Å². The van der Waals surface area contributed by atoms with Gasteiger partial charge in [0.15, 0.2) is 0 Å². The first-order valence-electron chi connectivity index (χ1n) is 35.9. The molecule has 0 radical (unpaired) electrons. The van der Waals surface area contributed by atoms with E-state index in [0.29, 0.717) is 110 Å². The number of nitrogens with one attached hydrogen (secondary N) is 5. The number of urea groups is 1. The van der Waals surface area contributed by atoms with Crippen LogP contribution in [0, 0.1) is 29.6 Å². The van der Waals surface area contributed by atoms with Crippen molar-refractivity contribution < 1.29 is 72.1 Å². The van der Waals surface area contributed by atoms with Gasteiger partial charge in [-0.3, -0.25) is 67.5 Å². The van der Waals surface area contributed by atoms with Crippen LogP contribution in [0.2, 0.25) is 0 Å². The van der Waals surface area contributed by atoms with Gasteiger partial charge in [0.2, 0.25) is 47.3 Å². The van der Waals surface area contributed by atoms with Gasteiger partial charge in [-0.25, -0.2) is 4.79 Å². The van der Waals surface area contributed by atoms with Crippen molar-refractivity contribution in [2.75, 3.05) is 133 Å². The molecule has 6 rings (SSSR count). The molecule has 2 bridgehead atoms. The number of aliphatic hydroxyl groups excluding tert-OH is 1. The third-order valence-electron chi connectivity index (χ3n) is 20.1. The van der Waals surface area contributed by atoms with Crippen LogP contribution in [0.3, 0.4) is 0 Å². The van der Waals surface area contributed by atoms with Crippen LogP contribution in [-0.2, 0) is 62.2 Å². The molecule has 8 N–H and O–H groups in total. The lowest BCUT2D eigenvalue weighted by molar-refractivity contribution is -0.149. The summed E-state index contributed by atoms with van der Waals surface area (Å²) in [5.74, 6) is -6.77. The molecule has 2 unspecified atom stereocenters. The van der Waals surface area contributed by atoms with Gasteiger partial charge in [-0.05, 0) is 61.8 Å². The number of carbonyl (C=O) groups is 11. The van der Waals surface area contributed by atoms with E-state index in [1.807, 2.05) is 36.9 Å². The Hall–Kier alpha value is -7.15. The number of hydrogen-bond donors (Lipinski definition) is 7. The minimum atomic E-state index is -1.26. The maximum Gasteiger partial charge on any atom is 0.312 e. The number of methoxy groups -OCH3 is 2. The molecule has 562 valence electrons.